The molecule has 3 aliphatic heterocycles. The highest BCUT2D eigenvalue weighted by Gasteiger charge is 2.65. The van der Waals surface area contributed by atoms with E-state index < -0.39 is 5.41 Å². The van der Waals surface area contributed by atoms with Crippen LogP contribution in [-0.4, -0.2) is 165 Å². The van der Waals surface area contributed by atoms with Crippen molar-refractivity contribution in [3.8, 4) is 0 Å². The van der Waals surface area contributed by atoms with Crippen molar-refractivity contribution in [3.63, 3.8) is 0 Å². The molecular weight excluding hydrogens is 540 g/mol. The van der Waals surface area contributed by atoms with Gasteiger partial charge in [0.2, 0.25) is 0 Å². The summed E-state index contributed by atoms with van der Waals surface area (Å²) in [6.45, 7) is 16.6. The largest absolute Gasteiger partial charge is 0.460 e. The first-order valence-corrected chi connectivity index (χ1v) is 16.4. The van der Waals surface area contributed by atoms with Gasteiger partial charge in [-0.3, -0.25) is 24.3 Å². The highest BCUT2D eigenvalue weighted by molar-refractivity contribution is 5.90. The van der Waals surface area contributed by atoms with Gasteiger partial charge in [-0.2, -0.15) is 0 Å². The summed E-state index contributed by atoms with van der Waals surface area (Å²) in [7, 11) is 0. The maximum atomic E-state index is 13.9. The molecule has 0 amide bonds. The average molecular weight is 595 g/mol. The van der Waals surface area contributed by atoms with E-state index in [0.717, 1.165) is 84.8 Å². The Kier molecular flexibility index (Phi) is 11.3. The lowest BCUT2D eigenvalue weighted by Gasteiger charge is -2.42. The molecule has 2 saturated carbocycles. The normalized spacial score (nSPS) is 37.0. The molecule has 0 spiro atoms. The molecule has 42 heavy (non-hydrogen) atoms. The van der Waals surface area contributed by atoms with Gasteiger partial charge in [0.15, 0.2) is 0 Å². The van der Waals surface area contributed by atoms with E-state index in [1.54, 1.807) is 0 Å². The molecule has 0 aromatic heterocycles. The van der Waals surface area contributed by atoms with Crippen LogP contribution in [0.2, 0.25) is 0 Å². The van der Waals surface area contributed by atoms with Crippen molar-refractivity contribution in [2.45, 2.75) is 45.3 Å². The fourth-order valence-corrected chi connectivity index (χ4v) is 8.91. The summed E-state index contributed by atoms with van der Waals surface area (Å²) >= 11 is 0. The number of rotatable bonds is 13. The van der Waals surface area contributed by atoms with Gasteiger partial charge in [0.05, 0.1) is 45.1 Å². The Morgan fingerprint density at radius 2 is 1.40 bits per heavy atom. The number of esters is 1. The molecule has 3 saturated heterocycles. The zero-order valence-electron chi connectivity index (χ0n) is 25.8. The highest BCUT2D eigenvalue weighted by atomic mass is 16.6. The molecule has 5 aliphatic rings. The number of fused-ring (bicyclic) bond motifs is 3. The zero-order valence-corrected chi connectivity index (χ0v) is 25.8. The molecule has 2 aliphatic carbocycles. The number of carbonyl (C=O) groups excluding carboxylic acids is 2. The third kappa shape index (κ3) is 6.88. The summed E-state index contributed by atoms with van der Waals surface area (Å²) in [5, 5.41) is 17.8. The Morgan fingerprint density at radius 3 is 2.00 bits per heavy atom. The van der Waals surface area contributed by atoms with Crippen molar-refractivity contribution in [1.29, 1.82) is 0 Å². The van der Waals surface area contributed by atoms with Crippen LogP contribution in [0.4, 0.5) is 0 Å². The van der Waals surface area contributed by atoms with Gasteiger partial charge >= 0.3 is 5.97 Å². The molecule has 0 bridgehead atoms. The van der Waals surface area contributed by atoms with E-state index >= 15 is 0 Å². The van der Waals surface area contributed by atoms with Crippen molar-refractivity contribution in [2.24, 2.45) is 29.1 Å². The molecule has 0 radical (unpaired) electrons. The molecule has 2 N–H and O–H groups in total. The summed E-state index contributed by atoms with van der Waals surface area (Å²) in [5.74, 6) is 1.17. The van der Waals surface area contributed by atoms with E-state index in [4.69, 9.17) is 24.4 Å². The molecule has 2 unspecified atom stereocenters. The van der Waals surface area contributed by atoms with Crippen molar-refractivity contribution in [2.75, 3.05) is 112 Å². The number of aliphatic hydroxyl groups excluding tert-OH is 2. The minimum Gasteiger partial charge on any atom is -0.460 e. The molecule has 11 heteroatoms. The molecule has 0 aromatic carbocycles. The quantitative estimate of drug-likeness (QED) is 0.218. The second kappa shape index (κ2) is 14.7. The van der Waals surface area contributed by atoms with Crippen LogP contribution in [0.25, 0.3) is 0 Å². The van der Waals surface area contributed by atoms with Crippen LogP contribution in [0.15, 0.2) is 0 Å². The van der Waals surface area contributed by atoms with Crippen molar-refractivity contribution >= 4 is 11.8 Å². The maximum absolute atomic E-state index is 13.9. The van der Waals surface area contributed by atoms with Gasteiger partial charge in [0.1, 0.15) is 17.9 Å². The van der Waals surface area contributed by atoms with Crippen LogP contribution in [0.5, 0.6) is 0 Å². The van der Waals surface area contributed by atoms with Gasteiger partial charge in [0.25, 0.3) is 0 Å². The number of nitrogens with zero attached hydrogens (tertiary/aromatic N) is 4. The Labute approximate surface area is 251 Å². The molecular formula is C31H54N4O7. The van der Waals surface area contributed by atoms with Crippen LogP contribution in [0.3, 0.4) is 0 Å². The summed E-state index contributed by atoms with van der Waals surface area (Å²) in [6, 6.07) is -0.258. The van der Waals surface area contributed by atoms with Crippen LogP contribution < -0.4 is 0 Å². The first kappa shape index (κ1) is 32.2. The standard InChI is InChI=1S/C31H54N4O7/c1-23-3-4-25-28(35-11-9-33(10-12-35)14-18-41-20-16-37)30(39)42-29(25)31(2)26(38)21-24(27(23)31)22-34-7-5-32(6-8-34)13-17-40-19-15-36/h23-25,27-29,36-37H,3-22H2,1-2H3/t23-,24?,25-,27+,28?,29+,31+/m0/s1. The summed E-state index contributed by atoms with van der Waals surface area (Å²) in [6.07, 6.45) is 2.22. The fraction of sp³-hybridized carbons (Fsp3) is 0.935. The van der Waals surface area contributed by atoms with E-state index in [9.17, 15) is 9.59 Å². The van der Waals surface area contributed by atoms with E-state index in [1.807, 2.05) is 0 Å². The topological polar surface area (TPSA) is 115 Å². The van der Waals surface area contributed by atoms with Gasteiger partial charge in [-0.25, -0.2) is 0 Å². The predicted molar refractivity (Wildman–Crippen MR) is 157 cm³/mol. The fourth-order valence-electron chi connectivity index (χ4n) is 8.91. The number of carbonyl (C=O) groups is 2. The zero-order chi connectivity index (χ0) is 29.7. The van der Waals surface area contributed by atoms with Crippen LogP contribution in [0.1, 0.15) is 33.1 Å². The Hall–Kier alpha value is -1.18. The molecule has 7 atom stereocenters. The molecule has 5 rings (SSSR count). The minimum absolute atomic E-state index is 0.0439. The van der Waals surface area contributed by atoms with Crippen LogP contribution in [0, 0.1) is 29.1 Å². The second-order valence-electron chi connectivity index (χ2n) is 13.4. The lowest BCUT2D eigenvalue weighted by atomic mass is 9.66. The number of Topliss-reactive ketones (excluding diaryl/α,β-unsaturated/α-hetero) is 1. The first-order valence-electron chi connectivity index (χ1n) is 16.4. The lowest BCUT2D eigenvalue weighted by Crippen LogP contribution is -2.55. The van der Waals surface area contributed by atoms with E-state index in [2.05, 4.69) is 33.4 Å². The monoisotopic (exact) mass is 594 g/mol. The number of hydrogen-bond donors (Lipinski definition) is 2. The molecule has 11 nitrogen and oxygen atoms in total. The van der Waals surface area contributed by atoms with Crippen LogP contribution in [-0.2, 0) is 23.8 Å². The Morgan fingerprint density at radius 1 is 0.833 bits per heavy atom. The van der Waals surface area contributed by atoms with Crippen molar-refractivity contribution < 1.29 is 34.0 Å². The number of piperazine rings is 2. The number of aliphatic hydroxyl groups is 2. The first-order chi connectivity index (χ1) is 20.4. The summed E-state index contributed by atoms with van der Waals surface area (Å²) in [5.41, 5.74) is -0.618. The van der Waals surface area contributed by atoms with Crippen molar-refractivity contribution in [1.82, 2.24) is 19.6 Å². The van der Waals surface area contributed by atoms with Gasteiger partial charge in [-0.1, -0.05) is 6.92 Å². The molecule has 240 valence electrons. The average Bonchev–Trinajstić information content (AvgIpc) is 3.42. The van der Waals surface area contributed by atoms with E-state index in [1.165, 1.54) is 0 Å². The molecule has 0 aromatic rings. The minimum atomic E-state index is -0.618. The summed E-state index contributed by atoms with van der Waals surface area (Å²) < 4.78 is 17.2. The van der Waals surface area contributed by atoms with Gasteiger partial charge < -0.3 is 29.3 Å². The summed E-state index contributed by atoms with van der Waals surface area (Å²) in [4.78, 5) is 37.0. The Bertz CT molecular complexity index is 895. The number of ketones is 1. The van der Waals surface area contributed by atoms with Gasteiger partial charge in [-0.05, 0) is 37.5 Å². The second-order valence-corrected chi connectivity index (χ2v) is 13.4. The smallest absolute Gasteiger partial charge is 0.324 e. The lowest BCUT2D eigenvalue weighted by molar-refractivity contribution is -0.154. The highest BCUT2D eigenvalue weighted by Crippen LogP contribution is 2.58. The Balaban J connectivity index is 1.19. The number of hydrogen-bond acceptors (Lipinski definition) is 11. The van der Waals surface area contributed by atoms with Crippen LogP contribution >= 0.6 is 0 Å². The predicted octanol–water partition coefficient (Wildman–Crippen LogP) is -0.209. The van der Waals surface area contributed by atoms with Gasteiger partial charge in [0, 0.05) is 84.3 Å². The van der Waals surface area contributed by atoms with Gasteiger partial charge in [-0.15, -0.1) is 0 Å². The van der Waals surface area contributed by atoms with E-state index in [0.29, 0.717) is 50.5 Å². The molecule has 3 heterocycles. The van der Waals surface area contributed by atoms with Crippen molar-refractivity contribution in [3.05, 3.63) is 0 Å². The third-order valence-electron chi connectivity index (χ3n) is 11.0. The molecule has 5 fully saturated rings. The number of ether oxygens (including phenoxy) is 3. The third-order valence-corrected chi connectivity index (χ3v) is 11.0. The maximum Gasteiger partial charge on any atom is 0.324 e. The van der Waals surface area contributed by atoms with E-state index in [-0.39, 0.29) is 43.2 Å². The SMILES string of the molecule is C[C@H]1CC[C@H]2C(N3CCN(CCOCCO)CC3)C(=O)O[C@H]2[C@]2(C)C(=O)CC(CN3CCN(CCOCCO)CC3)[C@@H]12.